The first-order valence-corrected chi connectivity index (χ1v) is 9.48. The lowest BCUT2D eigenvalue weighted by Gasteiger charge is -2.16. The van der Waals surface area contributed by atoms with Crippen LogP contribution in [0, 0.1) is 0 Å². The normalized spacial score (nSPS) is 12.7. The summed E-state index contributed by atoms with van der Waals surface area (Å²) in [4.78, 5) is 23.1. The van der Waals surface area contributed by atoms with Gasteiger partial charge in [0.1, 0.15) is 6.61 Å². The van der Waals surface area contributed by atoms with Crippen LogP contribution >= 0.6 is 0 Å². The largest absolute Gasteiger partial charge is 0.480 e. The first-order valence-electron chi connectivity index (χ1n) is 9.48. The number of rotatable bonds is 12. The molecule has 0 radical (unpaired) electrons. The smallest absolute Gasteiger partial charge is 0.408 e. The molecule has 156 valence electrons. The predicted molar refractivity (Wildman–Crippen MR) is 107 cm³/mol. The van der Waals surface area contributed by atoms with Crippen molar-refractivity contribution in [1.82, 2.24) is 5.32 Å². The number of hydrogen-bond acceptors (Lipinski definition) is 5. The number of nitrogens with one attached hydrogen (secondary N) is 1. The Morgan fingerprint density at radius 2 is 1.55 bits per heavy atom. The number of hydrogen-bond donors (Lipinski definition) is 2. The Morgan fingerprint density at radius 1 is 0.966 bits per heavy atom. The summed E-state index contributed by atoms with van der Waals surface area (Å²) in [5.41, 5.74) is 1.90. The summed E-state index contributed by atoms with van der Waals surface area (Å²) in [6.45, 7) is 2.67. The first-order chi connectivity index (χ1) is 14.0. The van der Waals surface area contributed by atoms with Gasteiger partial charge in [-0.15, -0.1) is 0 Å². The Balaban J connectivity index is 1.62. The maximum Gasteiger partial charge on any atom is 0.408 e. The summed E-state index contributed by atoms with van der Waals surface area (Å²) in [6, 6.07) is 17.8. The highest BCUT2D eigenvalue weighted by Gasteiger charge is 2.21. The first kappa shape index (κ1) is 22.4. The number of carboxylic acid groups (broad SMARTS) is 1. The van der Waals surface area contributed by atoms with E-state index in [-0.39, 0.29) is 19.3 Å². The van der Waals surface area contributed by atoms with Crippen molar-refractivity contribution in [3.8, 4) is 0 Å². The molecule has 1 amide bonds. The van der Waals surface area contributed by atoms with Crippen LogP contribution in [-0.2, 0) is 32.2 Å². The molecule has 0 fully saturated rings. The molecule has 7 heteroatoms. The Hall–Kier alpha value is -2.90. The van der Waals surface area contributed by atoms with Crippen molar-refractivity contribution < 1.29 is 28.9 Å². The average Bonchev–Trinajstić information content (AvgIpc) is 2.74. The van der Waals surface area contributed by atoms with Gasteiger partial charge in [0, 0.05) is 6.61 Å². The van der Waals surface area contributed by atoms with E-state index in [4.69, 9.17) is 14.2 Å². The lowest BCUT2D eigenvalue weighted by Crippen LogP contribution is -2.44. The molecule has 0 aliphatic rings. The van der Waals surface area contributed by atoms with E-state index < -0.39 is 18.1 Å². The second-order valence-electron chi connectivity index (χ2n) is 6.57. The van der Waals surface area contributed by atoms with Crippen LogP contribution < -0.4 is 5.32 Å². The maximum atomic E-state index is 11.8. The summed E-state index contributed by atoms with van der Waals surface area (Å²) in [5, 5.41) is 11.6. The SMILES string of the molecule is C[C@@H](CCOC[C@H](NC(=O)OCc1ccccc1)C(=O)O)OCc1ccccc1. The maximum absolute atomic E-state index is 11.8. The molecule has 2 aromatic carbocycles. The van der Waals surface area contributed by atoms with Crippen molar-refractivity contribution in [2.75, 3.05) is 13.2 Å². The van der Waals surface area contributed by atoms with Crippen molar-refractivity contribution in [3.05, 3.63) is 71.8 Å². The Bertz CT molecular complexity index is 737. The van der Waals surface area contributed by atoms with Gasteiger partial charge in [0.25, 0.3) is 0 Å². The third kappa shape index (κ3) is 9.23. The molecule has 0 spiro atoms. The quantitative estimate of drug-likeness (QED) is 0.530. The fraction of sp³-hybridized carbons (Fsp3) is 0.364. The summed E-state index contributed by atoms with van der Waals surface area (Å²) < 4.78 is 16.2. The van der Waals surface area contributed by atoms with E-state index in [1.54, 1.807) is 0 Å². The summed E-state index contributed by atoms with van der Waals surface area (Å²) in [7, 11) is 0. The number of carboxylic acids is 1. The zero-order valence-electron chi connectivity index (χ0n) is 16.5. The molecular weight excluding hydrogens is 374 g/mol. The van der Waals surface area contributed by atoms with E-state index >= 15 is 0 Å². The number of amides is 1. The summed E-state index contributed by atoms with van der Waals surface area (Å²) in [5.74, 6) is -1.19. The van der Waals surface area contributed by atoms with Crippen molar-refractivity contribution in [1.29, 1.82) is 0 Å². The topological polar surface area (TPSA) is 94.1 Å². The van der Waals surface area contributed by atoms with Crippen LogP contribution in [0.4, 0.5) is 4.79 Å². The van der Waals surface area contributed by atoms with Gasteiger partial charge in [-0.25, -0.2) is 9.59 Å². The Morgan fingerprint density at radius 3 is 2.14 bits per heavy atom. The van der Waals surface area contributed by atoms with Crippen LogP contribution in [0.25, 0.3) is 0 Å². The molecule has 0 aliphatic carbocycles. The summed E-state index contributed by atoms with van der Waals surface area (Å²) in [6.07, 6.45) is -0.232. The van der Waals surface area contributed by atoms with Gasteiger partial charge < -0.3 is 24.6 Å². The minimum Gasteiger partial charge on any atom is -0.480 e. The van der Waals surface area contributed by atoms with Gasteiger partial charge in [-0.2, -0.15) is 0 Å². The zero-order valence-corrected chi connectivity index (χ0v) is 16.5. The monoisotopic (exact) mass is 401 g/mol. The molecule has 0 heterocycles. The molecule has 2 aromatic rings. The second-order valence-corrected chi connectivity index (χ2v) is 6.57. The number of ether oxygens (including phenoxy) is 3. The van der Waals surface area contributed by atoms with Crippen molar-refractivity contribution in [3.63, 3.8) is 0 Å². The van der Waals surface area contributed by atoms with E-state index in [2.05, 4.69) is 5.32 Å². The second kappa shape index (κ2) is 12.5. The molecule has 0 saturated heterocycles. The van der Waals surface area contributed by atoms with Gasteiger partial charge >= 0.3 is 12.1 Å². The molecule has 7 nitrogen and oxygen atoms in total. The molecule has 0 aromatic heterocycles. The standard InChI is InChI=1S/C22H27NO6/c1-17(28-14-18-8-4-2-5-9-18)12-13-27-16-20(21(24)25)23-22(26)29-15-19-10-6-3-7-11-19/h2-11,17,20H,12-16H2,1H3,(H,23,26)(H,24,25)/t17-,20-/m0/s1. The third-order valence-electron chi connectivity index (χ3n) is 4.13. The molecule has 2 rings (SSSR count). The molecule has 2 atom stereocenters. The number of carbonyl (C=O) groups excluding carboxylic acids is 1. The Labute approximate surface area is 170 Å². The Kier molecular flexibility index (Phi) is 9.68. The van der Waals surface area contributed by atoms with Crippen LogP contribution in [0.3, 0.4) is 0 Å². The molecular formula is C22H27NO6. The molecule has 2 N–H and O–H groups in total. The van der Waals surface area contributed by atoms with Gasteiger partial charge in [-0.1, -0.05) is 60.7 Å². The highest BCUT2D eigenvalue weighted by atomic mass is 16.5. The fourth-order valence-corrected chi connectivity index (χ4v) is 2.43. The lowest BCUT2D eigenvalue weighted by molar-refractivity contribution is -0.141. The molecule has 0 bridgehead atoms. The number of carbonyl (C=O) groups is 2. The average molecular weight is 401 g/mol. The molecule has 0 saturated carbocycles. The van der Waals surface area contributed by atoms with Gasteiger partial charge in [0.2, 0.25) is 0 Å². The van der Waals surface area contributed by atoms with Gasteiger partial charge in [0.15, 0.2) is 6.04 Å². The third-order valence-corrected chi connectivity index (χ3v) is 4.13. The van der Waals surface area contributed by atoms with Crippen molar-refractivity contribution in [2.24, 2.45) is 0 Å². The van der Waals surface area contributed by atoms with E-state index in [0.717, 1.165) is 11.1 Å². The van der Waals surface area contributed by atoms with E-state index in [0.29, 0.717) is 19.6 Å². The molecule has 0 unspecified atom stereocenters. The van der Waals surface area contributed by atoms with E-state index in [1.165, 1.54) is 0 Å². The minimum absolute atomic E-state index is 0.0396. The van der Waals surface area contributed by atoms with Gasteiger partial charge in [-0.05, 0) is 24.5 Å². The minimum atomic E-state index is -1.19. The fourth-order valence-electron chi connectivity index (χ4n) is 2.43. The van der Waals surface area contributed by atoms with Crippen LogP contribution in [-0.4, -0.2) is 42.5 Å². The van der Waals surface area contributed by atoms with E-state index in [9.17, 15) is 14.7 Å². The van der Waals surface area contributed by atoms with Gasteiger partial charge in [-0.3, -0.25) is 0 Å². The van der Waals surface area contributed by atoms with Crippen LogP contribution in [0.2, 0.25) is 0 Å². The number of benzene rings is 2. The van der Waals surface area contributed by atoms with Gasteiger partial charge in [0.05, 0.1) is 19.3 Å². The van der Waals surface area contributed by atoms with Crippen molar-refractivity contribution >= 4 is 12.1 Å². The molecule has 29 heavy (non-hydrogen) atoms. The van der Waals surface area contributed by atoms with E-state index in [1.807, 2.05) is 67.6 Å². The van der Waals surface area contributed by atoms with Crippen LogP contribution in [0.1, 0.15) is 24.5 Å². The highest BCUT2D eigenvalue weighted by molar-refractivity contribution is 5.80. The number of alkyl carbamates (subject to hydrolysis) is 1. The van der Waals surface area contributed by atoms with Crippen LogP contribution in [0.15, 0.2) is 60.7 Å². The van der Waals surface area contributed by atoms with Crippen molar-refractivity contribution in [2.45, 2.75) is 38.7 Å². The predicted octanol–water partition coefficient (Wildman–Crippen LogP) is 3.38. The summed E-state index contributed by atoms with van der Waals surface area (Å²) >= 11 is 0. The molecule has 0 aliphatic heterocycles. The highest BCUT2D eigenvalue weighted by Crippen LogP contribution is 2.06. The lowest BCUT2D eigenvalue weighted by atomic mass is 10.2. The van der Waals surface area contributed by atoms with Crippen LogP contribution in [0.5, 0.6) is 0 Å². The zero-order chi connectivity index (χ0) is 20.9. The number of aliphatic carboxylic acids is 1.